The van der Waals surface area contributed by atoms with E-state index < -0.39 is 54.5 Å². The minimum atomic E-state index is -1.27. The molecule has 0 aromatic rings. The van der Waals surface area contributed by atoms with E-state index in [4.69, 9.17) is 10.8 Å². The van der Waals surface area contributed by atoms with Crippen molar-refractivity contribution >= 4 is 47.2 Å². The molecule has 0 spiro atoms. The van der Waals surface area contributed by atoms with Crippen molar-refractivity contribution in [1.29, 1.82) is 0 Å². The van der Waals surface area contributed by atoms with Crippen molar-refractivity contribution in [3.8, 4) is 0 Å². The van der Waals surface area contributed by atoms with Crippen molar-refractivity contribution in [3.05, 3.63) is 0 Å². The fourth-order valence-electron chi connectivity index (χ4n) is 2.00. The lowest BCUT2D eigenvalue weighted by Crippen LogP contribution is -2.58. The van der Waals surface area contributed by atoms with E-state index >= 15 is 0 Å². The second kappa shape index (κ2) is 14.5. The lowest BCUT2D eigenvalue weighted by atomic mass is 10.1. The summed E-state index contributed by atoms with van der Waals surface area (Å²) in [5.74, 6) is -1.98. The van der Waals surface area contributed by atoms with E-state index in [1.807, 2.05) is 12.5 Å². The maximum Gasteiger partial charge on any atom is 0.325 e. The minimum Gasteiger partial charge on any atom is -0.480 e. The molecule has 0 fully saturated rings. The van der Waals surface area contributed by atoms with E-state index in [-0.39, 0.29) is 6.42 Å². The molecule has 0 aliphatic rings. The van der Waals surface area contributed by atoms with Gasteiger partial charge in [0.15, 0.2) is 0 Å². The third kappa shape index (κ3) is 10.2. The highest BCUT2D eigenvalue weighted by Crippen LogP contribution is 2.03. The minimum absolute atomic E-state index is 0.254. The molecule has 0 saturated carbocycles. The third-order valence-corrected chi connectivity index (χ3v) is 5.05. The number of rotatable bonds is 14. The maximum absolute atomic E-state index is 12.4. The zero-order chi connectivity index (χ0) is 21.7. The molecular formula is C16H30N4O6S2. The topological polar surface area (TPSA) is 171 Å². The first-order chi connectivity index (χ1) is 13.2. The van der Waals surface area contributed by atoms with Gasteiger partial charge >= 0.3 is 5.97 Å². The van der Waals surface area contributed by atoms with Crippen molar-refractivity contribution in [3.63, 3.8) is 0 Å². The molecule has 4 atom stereocenters. The largest absolute Gasteiger partial charge is 0.480 e. The number of amides is 3. The molecule has 0 aromatic carbocycles. The summed E-state index contributed by atoms with van der Waals surface area (Å²) in [6, 6.07) is -4.21. The molecule has 0 heterocycles. The third-order valence-electron chi connectivity index (χ3n) is 3.76. The van der Waals surface area contributed by atoms with Crippen LogP contribution in [0.2, 0.25) is 0 Å². The number of carboxylic acid groups (broad SMARTS) is 1. The number of nitrogens with two attached hydrogens (primary N) is 1. The monoisotopic (exact) mass is 438 g/mol. The molecule has 0 aromatic heterocycles. The Labute approximate surface area is 173 Å². The number of hydrogen-bond acceptors (Lipinski definition) is 8. The van der Waals surface area contributed by atoms with Gasteiger partial charge in [-0.15, -0.1) is 0 Å². The molecule has 4 unspecified atom stereocenters. The highest BCUT2D eigenvalue weighted by molar-refractivity contribution is 7.98. The molecule has 0 bridgehead atoms. The highest BCUT2D eigenvalue weighted by atomic mass is 32.2. The van der Waals surface area contributed by atoms with Crippen molar-refractivity contribution in [2.24, 2.45) is 5.73 Å². The first kappa shape index (κ1) is 26.5. The Hall–Kier alpha value is -1.50. The Morgan fingerprint density at radius 2 is 1.39 bits per heavy atom. The van der Waals surface area contributed by atoms with E-state index in [2.05, 4.69) is 16.0 Å². The van der Waals surface area contributed by atoms with Gasteiger partial charge in [0.2, 0.25) is 17.7 Å². The van der Waals surface area contributed by atoms with E-state index in [1.165, 1.54) is 30.4 Å². The number of thioether (sulfide) groups is 2. The van der Waals surface area contributed by atoms with Crippen LogP contribution in [0, 0.1) is 0 Å². The van der Waals surface area contributed by atoms with Crippen molar-refractivity contribution in [2.75, 3.05) is 30.6 Å². The van der Waals surface area contributed by atoms with Crippen LogP contribution in [0.25, 0.3) is 0 Å². The number of carbonyl (C=O) groups excluding carboxylic acids is 3. The molecule has 7 N–H and O–H groups in total. The molecule has 0 saturated heterocycles. The number of nitrogens with one attached hydrogen (secondary N) is 3. The fraction of sp³-hybridized carbons (Fsp3) is 0.750. The Morgan fingerprint density at radius 3 is 1.89 bits per heavy atom. The average Bonchev–Trinajstić information content (AvgIpc) is 2.66. The number of aliphatic hydroxyl groups excluding tert-OH is 1. The predicted molar refractivity (Wildman–Crippen MR) is 110 cm³/mol. The number of carbonyl (C=O) groups is 4. The molecule has 28 heavy (non-hydrogen) atoms. The van der Waals surface area contributed by atoms with Crippen LogP contribution in [0.3, 0.4) is 0 Å². The molecule has 162 valence electrons. The Kier molecular flexibility index (Phi) is 13.7. The number of aliphatic hydroxyl groups is 1. The SMILES string of the molecule is CSCCC(N)C(=O)NC(CO)C(=O)NC(CCSC)C(=O)NC(C)C(=O)O. The molecular weight excluding hydrogens is 408 g/mol. The van der Waals surface area contributed by atoms with E-state index in [0.29, 0.717) is 17.9 Å². The predicted octanol–water partition coefficient (Wildman–Crippen LogP) is -1.63. The summed E-state index contributed by atoms with van der Waals surface area (Å²) in [7, 11) is 0. The number of aliphatic carboxylic acids is 1. The van der Waals surface area contributed by atoms with Crippen LogP contribution >= 0.6 is 23.5 Å². The number of hydrogen-bond donors (Lipinski definition) is 6. The second-order valence-corrected chi connectivity index (χ2v) is 8.01. The quantitative estimate of drug-likeness (QED) is 0.186. The summed E-state index contributed by atoms with van der Waals surface area (Å²) in [5, 5.41) is 25.5. The Bertz CT molecular complexity index is 537. The van der Waals surface area contributed by atoms with Gasteiger partial charge in [0.1, 0.15) is 18.1 Å². The van der Waals surface area contributed by atoms with Crippen LogP contribution in [0.4, 0.5) is 0 Å². The molecule has 0 rings (SSSR count). The van der Waals surface area contributed by atoms with E-state index in [9.17, 15) is 24.3 Å². The first-order valence-electron chi connectivity index (χ1n) is 8.66. The average molecular weight is 439 g/mol. The zero-order valence-corrected chi connectivity index (χ0v) is 17.9. The Balaban J connectivity index is 4.97. The van der Waals surface area contributed by atoms with Gasteiger partial charge in [0.05, 0.1) is 12.6 Å². The van der Waals surface area contributed by atoms with Crippen LogP contribution in [0.1, 0.15) is 19.8 Å². The van der Waals surface area contributed by atoms with E-state index in [1.54, 1.807) is 0 Å². The first-order valence-corrected chi connectivity index (χ1v) is 11.4. The smallest absolute Gasteiger partial charge is 0.325 e. The fourth-order valence-corrected chi connectivity index (χ4v) is 2.96. The van der Waals surface area contributed by atoms with Gasteiger partial charge in [-0.25, -0.2) is 0 Å². The van der Waals surface area contributed by atoms with Crippen molar-refractivity contribution < 1.29 is 29.4 Å². The van der Waals surface area contributed by atoms with Gasteiger partial charge in [-0.05, 0) is 43.8 Å². The molecule has 3 amide bonds. The summed E-state index contributed by atoms with van der Waals surface area (Å²) in [4.78, 5) is 47.7. The molecule has 0 aliphatic carbocycles. The van der Waals surface area contributed by atoms with Crippen LogP contribution < -0.4 is 21.7 Å². The van der Waals surface area contributed by atoms with Gasteiger partial charge in [-0.3, -0.25) is 19.2 Å². The summed E-state index contributed by atoms with van der Waals surface area (Å²) in [6.07, 6.45) is 4.37. The molecule has 0 radical (unpaired) electrons. The lowest BCUT2D eigenvalue weighted by molar-refractivity contribution is -0.141. The summed E-state index contributed by atoms with van der Waals surface area (Å²) < 4.78 is 0. The van der Waals surface area contributed by atoms with Gasteiger partial charge in [0, 0.05) is 0 Å². The van der Waals surface area contributed by atoms with Gasteiger partial charge in [-0.2, -0.15) is 23.5 Å². The Morgan fingerprint density at radius 1 is 0.893 bits per heavy atom. The molecule has 0 aliphatic heterocycles. The molecule has 12 heteroatoms. The van der Waals surface area contributed by atoms with Gasteiger partial charge in [0.25, 0.3) is 0 Å². The highest BCUT2D eigenvalue weighted by Gasteiger charge is 2.28. The summed E-state index contributed by atoms with van der Waals surface area (Å²) in [6.45, 7) is 0.635. The van der Waals surface area contributed by atoms with Crippen molar-refractivity contribution in [1.82, 2.24) is 16.0 Å². The van der Waals surface area contributed by atoms with Crippen LogP contribution in [-0.4, -0.2) is 88.7 Å². The standard InChI is InChI=1S/C16H30N4O6S2/c1-9(16(25)26)18-14(23)11(5-7-28-3)19-15(24)12(8-21)20-13(22)10(17)4-6-27-2/h9-12,21H,4-8,17H2,1-3H3,(H,18,23)(H,19,24)(H,20,22)(H,25,26). The lowest BCUT2D eigenvalue weighted by Gasteiger charge is -2.23. The van der Waals surface area contributed by atoms with Crippen LogP contribution in [0.15, 0.2) is 0 Å². The maximum atomic E-state index is 12.4. The van der Waals surface area contributed by atoms with E-state index in [0.717, 1.165) is 0 Å². The van der Waals surface area contributed by atoms with Gasteiger partial charge in [-0.1, -0.05) is 0 Å². The molecule has 10 nitrogen and oxygen atoms in total. The normalized spacial score (nSPS) is 15.0. The van der Waals surface area contributed by atoms with Crippen LogP contribution in [0.5, 0.6) is 0 Å². The number of carboxylic acids is 1. The van der Waals surface area contributed by atoms with Gasteiger partial charge < -0.3 is 31.9 Å². The van der Waals surface area contributed by atoms with Crippen molar-refractivity contribution in [2.45, 2.75) is 43.9 Å². The summed E-state index contributed by atoms with van der Waals surface area (Å²) in [5.41, 5.74) is 5.74. The zero-order valence-electron chi connectivity index (χ0n) is 16.3. The summed E-state index contributed by atoms with van der Waals surface area (Å²) >= 11 is 2.98. The van der Waals surface area contributed by atoms with Crippen LogP contribution in [-0.2, 0) is 19.2 Å². The second-order valence-electron chi connectivity index (χ2n) is 6.04.